The van der Waals surface area contributed by atoms with E-state index in [-0.39, 0.29) is 6.10 Å². The highest BCUT2D eigenvalue weighted by molar-refractivity contribution is 5.79. The molecular weight excluding hydrogens is 402 g/mol. The van der Waals surface area contributed by atoms with Crippen molar-refractivity contribution in [1.29, 1.82) is 0 Å². The fourth-order valence-electron chi connectivity index (χ4n) is 4.54. The maximum atomic E-state index is 5.97. The Labute approximate surface area is 194 Å². The predicted octanol–water partition coefficient (Wildman–Crippen LogP) is 2.74. The lowest BCUT2D eigenvalue weighted by molar-refractivity contribution is 0.0900. The smallest absolute Gasteiger partial charge is 0.191 e. The van der Waals surface area contributed by atoms with Crippen LogP contribution >= 0.6 is 0 Å². The molecule has 0 radical (unpaired) electrons. The number of likely N-dealkylation sites (N-methyl/N-ethyl adjacent to an activating group) is 1. The molecule has 7 heteroatoms. The zero-order valence-corrected chi connectivity index (χ0v) is 20.9. The maximum absolute atomic E-state index is 5.97. The first-order valence-electron chi connectivity index (χ1n) is 12.3. The molecule has 1 aromatic rings. The van der Waals surface area contributed by atoms with Crippen LogP contribution in [0.25, 0.3) is 0 Å². The number of fused-ring (bicyclic) bond motifs is 1. The van der Waals surface area contributed by atoms with Crippen molar-refractivity contribution in [2.45, 2.75) is 59.7 Å². The number of aliphatic imine (C=N–C) groups is 1. The highest BCUT2D eigenvalue weighted by Gasteiger charge is 2.25. The molecule has 180 valence electrons. The molecule has 2 unspecified atom stereocenters. The molecule has 1 aromatic carbocycles. The second kappa shape index (κ2) is 11.8. The van der Waals surface area contributed by atoms with E-state index in [4.69, 9.17) is 14.5 Å². The summed E-state index contributed by atoms with van der Waals surface area (Å²) >= 11 is 0. The van der Waals surface area contributed by atoms with Gasteiger partial charge in [0.2, 0.25) is 0 Å². The third-order valence-corrected chi connectivity index (χ3v) is 6.39. The van der Waals surface area contributed by atoms with Gasteiger partial charge in [-0.15, -0.1) is 0 Å². The number of nitrogens with zero attached hydrogens (tertiary/aromatic N) is 3. The maximum Gasteiger partial charge on any atom is 0.191 e. The molecule has 1 saturated heterocycles. The van der Waals surface area contributed by atoms with Crippen molar-refractivity contribution in [3.63, 3.8) is 0 Å². The van der Waals surface area contributed by atoms with Gasteiger partial charge in [-0.05, 0) is 45.9 Å². The first kappa shape index (κ1) is 24.6. The average Bonchev–Trinajstić information content (AvgIpc) is 3.12. The number of hydrogen-bond donors (Lipinski definition) is 2. The van der Waals surface area contributed by atoms with Crippen LogP contribution < -0.4 is 20.1 Å². The predicted molar refractivity (Wildman–Crippen MR) is 132 cm³/mol. The first-order chi connectivity index (χ1) is 15.4. The van der Waals surface area contributed by atoms with Crippen LogP contribution in [0.2, 0.25) is 0 Å². The van der Waals surface area contributed by atoms with E-state index in [1.54, 1.807) is 0 Å². The van der Waals surface area contributed by atoms with Gasteiger partial charge >= 0.3 is 0 Å². The number of rotatable bonds is 9. The zero-order valence-electron chi connectivity index (χ0n) is 20.9. The van der Waals surface area contributed by atoms with Crippen molar-refractivity contribution in [3.8, 4) is 11.5 Å². The lowest BCUT2D eigenvalue weighted by atomic mass is 10.0. The molecule has 2 N–H and O–H groups in total. The van der Waals surface area contributed by atoms with Crippen LogP contribution in [0.4, 0.5) is 0 Å². The Balaban J connectivity index is 1.68. The molecular formula is C25H43N5O2. The second-order valence-corrected chi connectivity index (χ2v) is 9.36. The van der Waals surface area contributed by atoms with Crippen LogP contribution in [0.3, 0.4) is 0 Å². The normalized spacial score (nSPS) is 20.7. The molecule has 0 bridgehead atoms. The highest BCUT2D eigenvalue weighted by Crippen LogP contribution is 2.35. The number of nitrogens with one attached hydrogen (secondary N) is 2. The fraction of sp³-hybridized carbons (Fsp3) is 0.720. The topological polar surface area (TPSA) is 61.4 Å². The molecule has 3 rings (SSSR count). The summed E-state index contributed by atoms with van der Waals surface area (Å²) in [6.45, 7) is 18.3. The van der Waals surface area contributed by atoms with Crippen molar-refractivity contribution in [2.24, 2.45) is 10.9 Å². The summed E-state index contributed by atoms with van der Waals surface area (Å²) in [7, 11) is 2.21. The Morgan fingerprint density at radius 1 is 1.19 bits per heavy atom. The van der Waals surface area contributed by atoms with Crippen LogP contribution in [0, 0.1) is 5.92 Å². The van der Waals surface area contributed by atoms with E-state index in [9.17, 15) is 0 Å². The molecule has 2 heterocycles. The number of hydrogen-bond acceptors (Lipinski definition) is 5. The fourth-order valence-corrected chi connectivity index (χ4v) is 4.54. The molecule has 0 aromatic heterocycles. The van der Waals surface area contributed by atoms with Gasteiger partial charge in [-0.1, -0.05) is 13.8 Å². The minimum atomic E-state index is 0.222. The molecule has 2 aliphatic heterocycles. The van der Waals surface area contributed by atoms with Gasteiger partial charge in [-0.2, -0.15) is 0 Å². The summed E-state index contributed by atoms with van der Waals surface area (Å²) in [6, 6.07) is 4.73. The summed E-state index contributed by atoms with van der Waals surface area (Å²) in [5, 5.41) is 7.01. The number of piperazine rings is 1. The molecule has 7 nitrogen and oxygen atoms in total. The lowest BCUT2D eigenvalue weighted by Crippen LogP contribution is -2.55. The van der Waals surface area contributed by atoms with Gasteiger partial charge < -0.3 is 25.0 Å². The SMILES string of the molecule is CCNC(=NCc1cc2c(cc1OCC)CC(C)O2)NCC(C(C)C)N1CCN(C)CC1. The van der Waals surface area contributed by atoms with Crippen molar-refractivity contribution in [3.05, 3.63) is 23.3 Å². The summed E-state index contributed by atoms with van der Waals surface area (Å²) in [4.78, 5) is 9.92. The molecule has 1 fully saturated rings. The Morgan fingerprint density at radius 3 is 2.59 bits per heavy atom. The quantitative estimate of drug-likeness (QED) is 0.450. The minimum absolute atomic E-state index is 0.222. The lowest BCUT2D eigenvalue weighted by Gasteiger charge is -2.40. The standard InChI is InChI=1S/C25H43N5O2/c1-7-26-25(28-17-22(18(3)4)30-11-9-29(6)10-12-30)27-16-21-15-24-20(13-19(5)32-24)14-23(21)31-8-2/h14-15,18-19,22H,7-13,16-17H2,1-6H3,(H2,26,27,28). The number of guanidine groups is 1. The summed E-state index contributed by atoms with van der Waals surface area (Å²) < 4.78 is 11.9. The molecule has 0 aliphatic carbocycles. The third-order valence-electron chi connectivity index (χ3n) is 6.39. The first-order valence-corrected chi connectivity index (χ1v) is 12.3. The zero-order chi connectivity index (χ0) is 23.1. The molecule has 0 saturated carbocycles. The minimum Gasteiger partial charge on any atom is -0.494 e. The van der Waals surface area contributed by atoms with Crippen LogP contribution in [0.5, 0.6) is 11.5 Å². The van der Waals surface area contributed by atoms with Crippen molar-refractivity contribution in [1.82, 2.24) is 20.4 Å². The molecule has 0 amide bonds. The van der Waals surface area contributed by atoms with E-state index >= 15 is 0 Å². The second-order valence-electron chi connectivity index (χ2n) is 9.36. The van der Waals surface area contributed by atoms with E-state index < -0.39 is 0 Å². The van der Waals surface area contributed by atoms with E-state index in [1.807, 2.05) is 6.92 Å². The summed E-state index contributed by atoms with van der Waals surface area (Å²) in [5.41, 5.74) is 2.29. The van der Waals surface area contributed by atoms with Crippen molar-refractivity contribution in [2.75, 3.05) is 52.9 Å². The van der Waals surface area contributed by atoms with Gasteiger partial charge in [-0.25, -0.2) is 4.99 Å². The van der Waals surface area contributed by atoms with Gasteiger partial charge in [0, 0.05) is 62.9 Å². The summed E-state index contributed by atoms with van der Waals surface area (Å²) in [6.07, 6.45) is 1.16. The van der Waals surface area contributed by atoms with Gasteiger partial charge in [0.05, 0.1) is 13.2 Å². The van der Waals surface area contributed by atoms with Crippen LogP contribution in [-0.2, 0) is 13.0 Å². The molecule has 32 heavy (non-hydrogen) atoms. The Hall–Kier alpha value is -1.99. The monoisotopic (exact) mass is 445 g/mol. The van der Waals surface area contributed by atoms with E-state index in [2.05, 4.69) is 67.3 Å². The molecule has 0 spiro atoms. The highest BCUT2D eigenvalue weighted by atomic mass is 16.5. The Kier molecular flexibility index (Phi) is 9.05. The van der Waals surface area contributed by atoms with E-state index in [0.29, 0.717) is 25.1 Å². The van der Waals surface area contributed by atoms with Crippen LogP contribution in [0.15, 0.2) is 17.1 Å². The van der Waals surface area contributed by atoms with Gasteiger partial charge in [-0.3, -0.25) is 4.90 Å². The number of benzene rings is 1. The Morgan fingerprint density at radius 2 is 1.94 bits per heavy atom. The third kappa shape index (κ3) is 6.51. The number of ether oxygens (including phenoxy) is 2. The van der Waals surface area contributed by atoms with Gasteiger partial charge in [0.25, 0.3) is 0 Å². The Bertz CT molecular complexity index is 759. The molecule has 2 aliphatic rings. The van der Waals surface area contributed by atoms with Crippen molar-refractivity contribution < 1.29 is 9.47 Å². The van der Waals surface area contributed by atoms with Crippen LogP contribution in [0.1, 0.15) is 45.7 Å². The van der Waals surface area contributed by atoms with Crippen LogP contribution in [-0.4, -0.2) is 80.8 Å². The molecule has 2 atom stereocenters. The largest absolute Gasteiger partial charge is 0.494 e. The van der Waals surface area contributed by atoms with E-state index in [1.165, 1.54) is 5.56 Å². The van der Waals surface area contributed by atoms with E-state index in [0.717, 1.165) is 68.7 Å². The van der Waals surface area contributed by atoms with Gasteiger partial charge in [0.15, 0.2) is 5.96 Å². The van der Waals surface area contributed by atoms with Gasteiger partial charge in [0.1, 0.15) is 17.6 Å². The van der Waals surface area contributed by atoms with Crippen molar-refractivity contribution >= 4 is 5.96 Å². The average molecular weight is 446 g/mol. The summed E-state index contributed by atoms with van der Waals surface area (Å²) in [5.74, 6) is 3.32.